The normalized spacial score (nSPS) is 16.8. The van der Waals surface area contributed by atoms with Crippen LogP contribution in [-0.2, 0) is 14.4 Å². The Morgan fingerprint density at radius 3 is 2.67 bits per heavy atom. The van der Waals surface area contributed by atoms with Crippen LogP contribution in [0.5, 0.6) is 0 Å². The van der Waals surface area contributed by atoms with Crippen LogP contribution in [0.3, 0.4) is 0 Å². The predicted molar refractivity (Wildman–Crippen MR) is 44.6 cm³/mol. The molecule has 1 amide bonds. The number of carbonyl (C=O) groups excluding carboxylic acids is 2. The van der Waals surface area contributed by atoms with Gasteiger partial charge in [-0.2, -0.15) is 5.06 Å². The van der Waals surface area contributed by atoms with Crippen molar-refractivity contribution >= 4 is 24.3 Å². The molecule has 0 N–H and O–H groups in total. The Balaban J connectivity index is 0.00000121. The monoisotopic (exact) mass is 193 g/mol. The molecule has 0 aromatic rings. The summed E-state index contributed by atoms with van der Waals surface area (Å²) < 4.78 is 0. The summed E-state index contributed by atoms with van der Waals surface area (Å²) in [4.78, 5) is 26.1. The molecule has 5 heteroatoms. The van der Waals surface area contributed by atoms with Crippen LogP contribution in [-0.4, -0.2) is 23.5 Å². The lowest BCUT2D eigenvalue weighted by atomic mass is 10.2. The maximum atomic E-state index is 11.0. The van der Waals surface area contributed by atoms with Gasteiger partial charge in [0.15, 0.2) is 0 Å². The molecule has 0 bridgehead atoms. The second-order valence-corrected chi connectivity index (χ2v) is 2.54. The fourth-order valence-corrected chi connectivity index (χ4v) is 1.03. The standard InChI is InChI=1S/C7H11NO3.ClH/c1-6(9)11-8-5-3-2-4-7(8)10;/h2-5H2,1H3;1H. The van der Waals surface area contributed by atoms with E-state index >= 15 is 0 Å². The van der Waals surface area contributed by atoms with Crippen LogP contribution in [0.1, 0.15) is 26.2 Å². The third kappa shape index (κ3) is 3.09. The van der Waals surface area contributed by atoms with Gasteiger partial charge in [0, 0.05) is 13.3 Å². The first-order valence-electron chi connectivity index (χ1n) is 3.69. The Bertz CT molecular complexity index is 183. The topological polar surface area (TPSA) is 46.6 Å². The van der Waals surface area contributed by atoms with Crippen molar-refractivity contribution < 1.29 is 14.4 Å². The SMILES string of the molecule is CC(=O)ON1CCCCC1=O.Cl. The number of piperidine rings is 1. The zero-order valence-electron chi connectivity index (χ0n) is 6.91. The van der Waals surface area contributed by atoms with E-state index in [-0.39, 0.29) is 18.3 Å². The number of hydroxylamine groups is 2. The molecule has 0 aliphatic carbocycles. The van der Waals surface area contributed by atoms with Crippen LogP contribution in [0.2, 0.25) is 0 Å². The lowest BCUT2D eigenvalue weighted by Gasteiger charge is -2.23. The molecule has 1 aliphatic heterocycles. The van der Waals surface area contributed by atoms with Crippen molar-refractivity contribution in [2.45, 2.75) is 26.2 Å². The van der Waals surface area contributed by atoms with E-state index < -0.39 is 5.97 Å². The Morgan fingerprint density at radius 1 is 1.50 bits per heavy atom. The highest BCUT2D eigenvalue weighted by Crippen LogP contribution is 2.10. The average Bonchev–Trinajstić information content (AvgIpc) is 1.93. The largest absolute Gasteiger partial charge is 0.338 e. The highest BCUT2D eigenvalue weighted by molar-refractivity contribution is 5.85. The maximum Gasteiger partial charge on any atom is 0.329 e. The first-order valence-corrected chi connectivity index (χ1v) is 3.69. The average molecular weight is 194 g/mol. The van der Waals surface area contributed by atoms with E-state index in [2.05, 4.69) is 4.84 Å². The van der Waals surface area contributed by atoms with Crippen molar-refractivity contribution in [3.8, 4) is 0 Å². The summed E-state index contributed by atoms with van der Waals surface area (Å²) in [7, 11) is 0. The number of halogens is 1. The van der Waals surface area contributed by atoms with Gasteiger partial charge in [-0.15, -0.1) is 12.4 Å². The summed E-state index contributed by atoms with van der Waals surface area (Å²) in [5.74, 6) is -0.522. The number of amides is 1. The van der Waals surface area contributed by atoms with Crippen molar-refractivity contribution in [2.24, 2.45) is 0 Å². The van der Waals surface area contributed by atoms with Gasteiger partial charge in [-0.3, -0.25) is 9.59 Å². The second kappa shape index (κ2) is 4.98. The Hall–Kier alpha value is -0.770. The smallest absolute Gasteiger partial charge is 0.329 e. The van der Waals surface area contributed by atoms with Gasteiger partial charge in [0.2, 0.25) is 0 Å². The van der Waals surface area contributed by atoms with Crippen molar-refractivity contribution in [2.75, 3.05) is 6.54 Å². The van der Waals surface area contributed by atoms with Gasteiger partial charge in [-0.05, 0) is 12.8 Å². The molecule has 70 valence electrons. The molecular formula is C7H12ClNO3. The van der Waals surface area contributed by atoms with Crippen LogP contribution < -0.4 is 0 Å². The van der Waals surface area contributed by atoms with E-state index in [0.29, 0.717) is 13.0 Å². The Labute approximate surface area is 77.2 Å². The minimum Gasteiger partial charge on any atom is -0.338 e. The summed E-state index contributed by atoms with van der Waals surface area (Å²) in [6.45, 7) is 1.83. The van der Waals surface area contributed by atoms with Gasteiger partial charge in [0.25, 0.3) is 5.91 Å². The quantitative estimate of drug-likeness (QED) is 0.622. The van der Waals surface area contributed by atoms with Crippen LogP contribution in [0, 0.1) is 0 Å². The van der Waals surface area contributed by atoms with Crippen LogP contribution in [0.15, 0.2) is 0 Å². The highest BCUT2D eigenvalue weighted by atomic mass is 35.5. The van der Waals surface area contributed by atoms with E-state index in [1.165, 1.54) is 6.92 Å². The molecule has 0 atom stereocenters. The third-order valence-electron chi connectivity index (χ3n) is 1.52. The van der Waals surface area contributed by atoms with E-state index in [9.17, 15) is 9.59 Å². The van der Waals surface area contributed by atoms with E-state index in [1.807, 2.05) is 0 Å². The first-order chi connectivity index (χ1) is 5.20. The highest BCUT2D eigenvalue weighted by Gasteiger charge is 2.20. The van der Waals surface area contributed by atoms with Gasteiger partial charge >= 0.3 is 5.97 Å². The fraction of sp³-hybridized carbons (Fsp3) is 0.714. The molecule has 1 fully saturated rings. The van der Waals surface area contributed by atoms with Crippen molar-refractivity contribution in [3.05, 3.63) is 0 Å². The predicted octanol–water partition coefficient (Wildman–Crippen LogP) is 0.899. The van der Waals surface area contributed by atoms with Gasteiger partial charge < -0.3 is 4.84 Å². The fourth-order valence-electron chi connectivity index (χ4n) is 1.03. The Kier molecular flexibility index (Phi) is 4.66. The number of nitrogens with zero attached hydrogens (tertiary/aromatic N) is 1. The summed E-state index contributed by atoms with van der Waals surface area (Å²) in [5, 5.41) is 1.14. The van der Waals surface area contributed by atoms with Crippen LogP contribution >= 0.6 is 12.4 Å². The molecule has 0 aromatic heterocycles. The zero-order chi connectivity index (χ0) is 8.27. The first kappa shape index (κ1) is 11.2. The van der Waals surface area contributed by atoms with Gasteiger partial charge in [0.1, 0.15) is 0 Å². The molecule has 12 heavy (non-hydrogen) atoms. The van der Waals surface area contributed by atoms with Crippen molar-refractivity contribution in [3.63, 3.8) is 0 Å². The van der Waals surface area contributed by atoms with Crippen molar-refractivity contribution in [1.82, 2.24) is 5.06 Å². The lowest BCUT2D eigenvalue weighted by molar-refractivity contribution is -0.199. The molecule has 0 spiro atoms. The van der Waals surface area contributed by atoms with Crippen LogP contribution in [0.25, 0.3) is 0 Å². The third-order valence-corrected chi connectivity index (χ3v) is 1.52. The van der Waals surface area contributed by atoms with Crippen LogP contribution in [0.4, 0.5) is 0 Å². The molecule has 1 heterocycles. The van der Waals surface area contributed by atoms with Crippen molar-refractivity contribution in [1.29, 1.82) is 0 Å². The zero-order valence-corrected chi connectivity index (χ0v) is 7.73. The summed E-state index contributed by atoms with van der Waals surface area (Å²) >= 11 is 0. The molecule has 1 rings (SSSR count). The van der Waals surface area contributed by atoms with Gasteiger partial charge in [-0.1, -0.05) is 0 Å². The lowest BCUT2D eigenvalue weighted by Crippen LogP contribution is -2.36. The van der Waals surface area contributed by atoms with E-state index in [1.54, 1.807) is 0 Å². The Morgan fingerprint density at radius 2 is 2.17 bits per heavy atom. The summed E-state index contributed by atoms with van der Waals surface area (Å²) in [5.41, 5.74) is 0. The minimum atomic E-state index is -0.430. The number of hydrogen-bond donors (Lipinski definition) is 0. The molecule has 0 unspecified atom stereocenters. The number of rotatable bonds is 1. The molecular weight excluding hydrogens is 182 g/mol. The van der Waals surface area contributed by atoms with Gasteiger partial charge in [-0.25, -0.2) is 0 Å². The second-order valence-electron chi connectivity index (χ2n) is 2.54. The van der Waals surface area contributed by atoms with Gasteiger partial charge in [0.05, 0.1) is 6.54 Å². The summed E-state index contributed by atoms with van der Waals surface area (Å²) in [6, 6.07) is 0. The molecule has 0 saturated carbocycles. The van der Waals surface area contributed by atoms with E-state index in [4.69, 9.17) is 0 Å². The molecule has 1 saturated heterocycles. The molecule has 0 radical (unpaired) electrons. The molecule has 0 aromatic carbocycles. The molecule has 4 nitrogen and oxygen atoms in total. The minimum absolute atomic E-state index is 0. The molecule has 1 aliphatic rings. The number of carbonyl (C=O) groups is 2. The maximum absolute atomic E-state index is 11.0. The number of hydrogen-bond acceptors (Lipinski definition) is 3. The van der Waals surface area contributed by atoms with E-state index in [0.717, 1.165) is 17.9 Å². The summed E-state index contributed by atoms with van der Waals surface area (Å²) in [6.07, 6.45) is 2.31.